The van der Waals surface area contributed by atoms with E-state index in [9.17, 15) is 9.90 Å². The van der Waals surface area contributed by atoms with Crippen molar-refractivity contribution in [2.24, 2.45) is 0 Å². The minimum absolute atomic E-state index is 0.0532. The molecule has 1 atom stereocenters. The summed E-state index contributed by atoms with van der Waals surface area (Å²) in [6.45, 7) is 11.3. The predicted molar refractivity (Wildman–Crippen MR) is 133 cm³/mol. The Morgan fingerprint density at radius 2 is 1.69 bits per heavy atom. The first-order valence-electron chi connectivity index (χ1n) is 11.2. The van der Waals surface area contributed by atoms with Crippen molar-refractivity contribution in [3.63, 3.8) is 0 Å². The molecule has 0 aliphatic carbocycles. The maximum absolute atomic E-state index is 11.3. The molecule has 0 spiro atoms. The summed E-state index contributed by atoms with van der Waals surface area (Å²) in [7, 11) is 0. The summed E-state index contributed by atoms with van der Waals surface area (Å²) in [6.07, 6.45) is 3.68. The van der Waals surface area contributed by atoms with E-state index in [0.717, 1.165) is 19.5 Å². The van der Waals surface area contributed by atoms with Crippen LogP contribution < -0.4 is 11.1 Å². The van der Waals surface area contributed by atoms with Gasteiger partial charge in [0.2, 0.25) is 5.91 Å². The van der Waals surface area contributed by atoms with Crippen LogP contribution in [0, 0.1) is 11.8 Å². The van der Waals surface area contributed by atoms with Crippen molar-refractivity contribution in [2.45, 2.75) is 58.1 Å². The largest absolute Gasteiger partial charge is 0.396 e. The third kappa shape index (κ3) is 9.17. The van der Waals surface area contributed by atoms with Gasteiger partial charge in [0, 0.05) is 25.0 Å². The maximum atomic E-state index is 11.3. The second kappa shape index (κ2) is 12.7. The number of β-amino-alcohol motifs (C(OH)–C–C–N with tert-alkyl or cyclic N) is 1. The molecule has 1 aromatic rings. The molecular formula is C24H36Cl2N4O2. The van der Waals surface area contributed by atoms with E-state index in [1.807, 2.05) is 25.7 Å². The van der Waals surface area contributed by atoms with Gasteiger partial charge in [0.15, 0.2) is 0 Å². The minimum Gasteiger partial charge on any atom is -0.396 e. The second-order valence-corrected chi connectivity index (χ2v) is 10.1. The summed E-state index contributed by atoms with van der Waals surface area (Å²) in [5, 5.41) is 13.9. The summed E-state index contributed by atoms with van der Waals surface area (Å²) in [5.74, 6) is 6.52. The third-order valence-corrected chi connectivity index (χ3v) is 6.00. The van der Waals surface area contributed by atoms with Crippen LogP contribution in [-0.4, -0.2) is 65.6 Å². The van der Waals surface area contributed by atoms with E-state index in [-0.39, 0.29) is 11.4 Å². The fourth-order valence-electron chi connectivity index (χ4n) is 3.45. The van der Waals surface area contributed by atoms with Crippen molar-refractivity contribution in [2.75, 3.05) is 45.0 Å². The van der Waals surface area contributed by atoms with Crippen molar-refractivity contribution in [3.05, 3.63) is 27.7 Å². The lowest BCUT2D eigenvalue weighted by Gasteiger charge is -2.23. The van der Waals surface area contributed by atoms with Crippen LogP contribution in [0.1, 0.15) is 58.1 Å². The highest BCUT2D eigenvalue weighted by atomic mass is 35.5. The molecule has 6 nitrogen and oxygen atoms in total. The number of rotatable bonds is 5. The Morgan fingerprint density at radius 1 is 1.09 bits per heavy atom. The van der Waals surface area contributed by atoms with E-state index >= 15 is 0 Å². The molecule has 1 unspecified atom stereocenters. The van der Waals surface area contributed by atoms with Crippen LogP contribution in [0.2, 0.25) is 10.0 Å². The zero-order chi connectivity index (χ0) is 23.7. The number of carbonyl (C=O) groups excluding carboxylic acids is 1. The van der Waals surface area contributed by atoms with Gasteiger partial charge in [-0.1, -0.05) is 35.0 Å². The van der Waals surface area contributed by atoms with E-state index in [4.69, 9.17) is 28.9 Å². The van der Waals surface area contributed by atoms with Gasteiger partial charge in [-0.05, 0) is 70.8 Å². The molecule has 1 aromatic carbocycles. The fraction of sp³-hybridized carbons (Fsp3) is 0.625. The Balaban J connectivity index is 0.000000228. The quantitative estimate of drug-likeness (QED) is 0.440. The average molecular weight is 483 g/mol. The fourth-order valence-corrected chi connectivity index (χ4v) is 3.95. The molecule has 32 heavy (non-hydrogen) atoms. The third-order valence-electron chi connectivity index (χ3n) is 5.38. The molecule has 0 radical (unpaired) electrons. The average Bonchev–Trinajstić information content (AvgIpc) is 3.39. The summed E-state index contributed by atoms with van der Waals surface area (Å²) in [6, 6.07) is 3.27. The van der Waals surface area contributed by atoms with Crippen molar-refractivity contribution < 1.29 is 9.90 Å². The predicted octanol–water partition coefficient (Wildman–Crippen LogP) is 3.71. The molecular weight excluding hydrogens is 447 g/mol. The van der Waals surface area contributed by atoms with Crippen LogP contribution >= 0.6 is 23.2 Å². The van der Waals surface area contributed by atoms with Gasteiger partial charge in [-0.2, -0.15) is 0 Å². The molecule has 8 heteroatoms. The first kappa shape index (κ1) is 26.8. The molecule has 178 valence electrons. The van der Waals surface area contributed by atoms with Gasteiger partial charge < -0.3 is 21.1 Å². The van der Waals surface area contributed by atoms with Gasteiger partial charge in [0.1, 0.15) is 0 Å². The Morgan fingerprint density at radius 3 is 2.22 bits per heavy atom. The van der Waals surface area contributed by atoms with Gasteiger partial charge in [-0.15, -0.1) is 0 Å². The number of aliphatic hydroxyl groups is 1. The van der Waals surface area contributed by atoms with E-state index in [1.165, 1.54) is 25.9 Å². The SMILES string of the molecule is CC(C)(C)NCC(O)c1cc(Cl)c(N)c(Cl)c1.O=C1CCCN1CC#CCN1CCCC1. The number of anilines is 1. The smallest absolute Gasteiger partial charge is 0.223 e. The zero-order valence-corrected chi connectivity index (χ0v) is 20.9. The lowest BCUT2D eigenvalue weighted by Crippen LogP contribution is -2.38. The monoisotopic (exact) mass is 482 g/mol. The van der Waals surface area contributed by atoms with Crippen molar-refractivity contribution in [3.8, 4) is 11.8 Å². The minimum atomic E-state index is -0.662. The van der Waals surface area contributed by atoms with Crippen LogP contribution in [0.4, 0.5) is 5.69 Å². The molecule has 0 bridgehead atoms. The number of carbonyl (C=O) groups is 1. The number of aliphatic hydroxyl groups excluding tert-OH is 1. The lowest BCUT2D eigenvalue weighted by molar-refractivity contribution is -0.127. The van der Waals surface area contributed by atoms with Crippen LogP contribution in [-0.2, 0) is 4.79 Å². The molecule has 2 saturated heterocycles. The number of nitrogens with two attached hydrogens (primary N) is 1. The first-order valence-corrected chi connectivity index (χ1v) is 12.0. The highest BCUT2D eigenvalue weighted by Crippen LogP contribution is 2.31. The van der Waals surface area contributed by atoms with Gasteiger partial charge >= 0.3 is 0 Å². The molecule has 2 heterocycles. The first-order chi connectivity index (χ1) is 15.1. The standard InChI is InChI=1S/C12H18Cl2N2O.C12H18N2O/c1-12(2,3)16-6-10(17)7-4-8(13)11(15)9(14)5-7;15-12-6-5-11-14(12)10-4-3-9-13-7-1-2-8-13/h4-5,10,16-17H,6,15H2,1-3H3;1-2,5-11H2. The number of amides is 1. The van der Waals surface area contributed by atoms with Gasteiger partial charge in [0.25, 0.3) is 0 Å². The van der Waals surface area contributed by atoms with E-state index in [1.54, 1.807) is 12.1 Å². The number of benzene rings is 1. The summed E-state index contributed by atoms with van der Waals surface area (Å²) in [4.78, 5) is 15.5. The molecule has 2 fully saturated rings. The second-order valence-electron chi connectivity index (χ2n) is 9.30. The molecule has 1 amide bonds. The number of likely N-dealkylation sites (tertiary alicyclic amines) is 2. The van der Waals surface area contributed by atoms with E-state index in [0.29, 0.717) is 40.8 Å². The number of nitrogens with zero attached hydrogens (tertiary/aromatic N) is 2. The highest BCUT2D eigenvalue weighted by Gasteiger charge is 2.18. The molecule has 0 saturated carbocycles. The van der Waals surface area contributed by atoms with Crippen molar-refractivity contribution in [1.82, 2.24) is 15.1 Å². The highest BCUT2D eigenvalue weighted by molar-refractivity contribution is 6.38. The molecule has 2 aliphatic rings. The number of hydrogen-bond acceptors (Lipinski definition) is 5. The molecule has 0 aromatic heterocycles. The van der Waals surface area contributed by atoms with Crippen molar-refractivity contribution in [1.29, 1.82) is 0 Å². The van der Waals surface area contributed by atoms with Crippen LogP contribution in [0.15, 0.2) is 12.1 Å². The van der Waals surface area contributed by atoms with Gasteiger partial charge in [-0.3, -0.25) is 9.69 Å². The molecule has 4 N–H and O–H groups in total. The lowest BCUT2D eigenvalue weighted by atomic mass is 10.1. The summed E-state index contributed by atoms with van der Waals surface area (Å²) in [5.41, 5.74) is 6.58. The molecule has 2 aliphatic heterocycles. The van der Waals surface area contributed by atoms with Gasteiger partial charge in [0.05, 0.1) is 34.9 Å². The normalized spacial score (nSPS) is 17.6. The van der Waals surface area contributed by atoms with Crippen LogP contribution in [0.25, 0.3) is 0 Å². The Labute approximate surface area is 202 Å². The van der Waals surface area contributed by atoms with Crippen LogP contribution in [0.5, 0.6) is 0 Å². The Bertz CT molecular complexity index is 801. The summed E-state index contributed by atoms with van der Waals surface area (Å²) < 4.78 is 0. The number of nitrogen functional groups attached to an aromatic ring is 1. The van der Waals surface area contributed by atoms with E-state index < -0.39 is 6.10 Å². The molecule has 3 rings (SSSR count). The van der Waals surface area contributed by atoms with E-state index in [2.05, 4.69) is 22.1 Å². The number of hydrogen-bond donors (Lipinski definition) is 3. The van der Waals surface area contributed by atoms with Crippen molar-refractivity contribution >= 4 is 34.8 Å². The van der Waals surface area contributed by atoms with Crippen LogP contribution in [0.3, 0.4) is 0 Å². The topological polar surface area (TPSA) is 81.8 Å². The Kier molecular flexibility index (Phi) is 10.6. The summed E-state index contributed by atoms with van der Waals surface area (Å²) >= 11 is 11.8. The zero-order valence-electron chi connectivity index (χ0n) is 19.4. The maximum Gasteiger partial charge on any atom is 0.223 e. The Hall–Kier alpha value is -1.49. The number of nitrogens with one attached hydrogen (secondary N) is 1. The van der Waals surface area contributed by atoms with Gasteiger partial charge in [-0.25, -0.2) is 0 Å². The number of halogens is 2.